The first-order chi connectivity index (χ1) is 12.2. The summed E-state index contributed by atoms with van der Waals surface area (Å²) in [5, 5.41) is 0. The van der Waals surface area contributed by atoms with E-state index in [9.17, 15) is 4.79 Å². The first kappa shape index (κ1) is 17.7. The number of likely N-dealkylation sites (tertiary alicyclic amines) is 1. The quantitative estimate of drug-likeness (QED) is 0.739. The van der Waals surface area contributed by atoms with Crippen molar-refractivity contribution in [3.8, 4) is 0 Å². The predicted molar refractivity (Wildman–Crippen MR) is 101 cm³/mol. The van der Waals surface area contributed by atoms with Crippen molar-refractivity contribution < 1.29 is 9.53 Å². The zero-order valence-electron chi connectivity index (χ0n) is 14.9. The summed E-state index contributed by atoms with van der Waals surface area (Å²) in [6.07, 6.45) is 3.71. The monoisotopic (exact) mass is 337 g/mol. The van der Waals surface area contributed by atoms with Gasteiger partial charge in [0.15, 0.2) is 0 Å². The number of carbonyl (C=O) groups is 1. The van der Waals surface area contributed by atoms with Gasteiger partial charge in [-0.1, -0.05) is 67.1 Å². The van der Waals surface area contributed by atoms with E-state index < -0.39 is 0 Å². The number of carbonyl (C=O) groups excluding carboxylic acids is 1. The molecule has 0 radical (unpaired) electrons. The minimum absolute atomic E-state index is 0.0967. The average molecular weight is 337 g/mol. The standard InChI is InChI=1S/C22H27NO2/c1-18(17-23-15-9-4-10-16-23)25-22(24)21(19-11-5-2-6-12-19)20-13-7-3-8-14-20/h2-3,5-8,11-14,18,21H,4,9-10,15-17H2,1H3/t18-/m1/s1. The number of hydrogen-bond donors (Lipinski definition) is 0. The average Bonchev–Trinajstić information content (AvgIpc) is 2.64. The molecule has 0 unspecified atom stereocenters. The highest BCUT2D eigenvalue weighted by molar-refractivity contribution is 5.82. The number of benzene rings is 2. The van der Waals surface area contributed by atoms with Gasteiger partial charge in [0, 0.05) is 6.54 Å². The van der Waals surface area contributed by atoms with Gasteiger partial charge in [0.2, 0.25) is 0 Å². The summed E-state index contributed by atoms with van der Waals surface area (Å²) in [7, 11) is 0. The molecule has 1 aliphatic heterocycles. The fourth-order valence-electron chi connectivity index (χ4n) is 3.56. The van der Waals surface area contributed by atoms with E-state index in [0.717, 1.165) is 30.8 Å². The van der Waals surface area contributed by atoms with Crippen LogP contribution in [0.3, 0.4) is 0 Å². The maximum atomic E-state index is 13.0. The summed E-state index contributed by atoms with van der Waals surface area (Å²) in [4.78, 5) is 15.4. The first-order valence-corrected chi connectivity index (χ1v) is 9.27. The summed E-state index contributed by atoms with van der Waals surface area (Å²) >= 11 is 0. The van der Waals surface area contributed by atoms with Crippen molar-refractivity contribution in [1.29, 1.82) is 0 Å². The zero-order chi connectivity index (χ0) is 17.5. The molecule has 132 valence electrons. The molecule has 2 aromatic carbocycles. The fraction of sp³-hybridized carbons (Fsp3) is 0.409. The lowest BCUT2D eigenvalue weighted by atomic mass is 9.91. The number of rotatable bonds is 6. The Morgan fingerprint density at radius 3 is 1.96 bits per heavy atom. The minimum Gasteiger partial charge on any atom is -0.461 e. The summed E-state index contributed by atoms with van der Waals surface area (Å²) in [5.41, 5.74) is 1.95. The maximum absolute atomic E-state index is 13.0. The minimum atomic E-state index is -0.369. The first-order valence-electron chi connectivity index (χ1n) is 9.27. The van der Waals surface area contributed by atoms with Gasteiger partial charge in [-0.25, -0.2) is 0 Å². The Kier molecular flexibility index (Phi) is 6.24. The van der Waals surface area contributed by atoms with Crippen LogP contribution in [-0.2, 0) is 9.53 Å². The van der Waals surface area contributed by atoms with Crippen LogP contribution in [0.15, 0.2) is 60.7 Å². The van der Waals surface area contributed by atoms with E-state index >= 15 is 0 Å². The van der Waals surface area contributed by atoms with Gasteiger partial charge in [-0.15, -0.1) is 0 Å². The van der Waals surface area contributed by atoms with Crippen LogP contribution in [0, 0.1) is 0 Å². The van der Waals surface area contributed by atoms with Crippen LogP contribution in [0.2, 0.25) is 0 Å². The lowest BCUT2D eigenvalue weighted by molar-refractivity contribution is -0.150. The second-order valence-electron chi connectivity index (χ2n) is 6.86. The molecule has 1 aliphatic rings. The topological polar surface area (TPSA) is 29.5 Å². The second kappa shape index (κ2) is 8.82. The van der Waals surface area contributed by atoms with E-state index in [0.29, 0.717) is 0 Å². The Labute approximate surface area is 150 Å². The van der Waals surface area contributed by atoms with Crippen LogP contribution < -0.4 is 0 Å². The smallest absolute Gasteiger partial charge is 0.318 e. The van der Waals surface area contributed by atoms with Gasteiger partial charge >= 0.3 is 5.97 Å². The Hall–Kier alpha value is -2.13. The molecule has 3 heteroatoms. The van der Waals surface area contributed by atoms with Crippen molar-refractivity contribution in [2.24, 2.45) is 0 Å². The molecule has 3 rings (SSSR count). The highest BCUT2D eigenvalue weighted by atomic mass is 16.5. The van der Waals surface area contributed by atoms with Gasteiger partial charge in [-0.2, -0.15) is 0 Å². The second-order valence-corrected chi connectivity index (χ2v) is 6.86. The van der Waals surface area contributed by atoms with Gasteiger partial charge in [0.05, 0.1) is 0 Å². The van der Waals surface area contributed by atoms with Crippen LogP contribution in [0.4, 0.5) is 0 Å². The van der Waals surface area contributed by atoms with Gasteiger partial charge < -0.3 is 4.74 Å². The predicted octanol–water partition coefficient (Wildman–Crippen LogP) is 4.24. The molecule has 25 heavy (non-hydrogen) atoms. The Morgan fingerprint density at radius 1 is 0.920 bits per heavy atom. The highest BCUT2D eigenvalue weighted by Crippen LogP contribution is 2.26. The van der Waals surface area contributed by atoms with Gasteiger partial charge in [0.25, 0.3) is 0 Å². The van der Waals surface area contributed by atoms with Gasteiger partial charge in [0.1, 0.15) is 12.0 Å². The molecule has 1 heterocycles. The Bertz CT molecular complexity index is 611. The molecule has 0 N–H and O–H groups in total. The summed E-state index contributed by atoms with van der Waals surface area (Å²) < 4.78 is 5.84. The third-order valence-corrected chi connectivity index (χ3v) is 4.78. The number of nitrogens with zero attached hydrogens (tertiary/aromatic N) is 1. The highest BCUT2D eigenvalue weighted by Gasteiger charge is 2.26. The normalized spacial score (nSPS) is 16.6. The SMILES string of the molecule is C[C@H](CN1CCCCC1)OC(=O)C(c1ccccc1)c1ccccc1. The third kappa shape index (κ3) is 4.93. The van der Waals surface area contributed by atoms with Crippen molar-refractivity contribution >= 4 is 5.97 Å². The van der Waals surface area contributed by atoms with Crippen LogP contribution in [-0.4, -0.2) is 36.6 Å². The molecule has 0 aliphatic carbocycles. The maximum Gasteiger partial charge on any atom is 0.318 e. The van der Waals surface area contributed by atoms with Crippen molar-refractivity contribution in [3.05, 3.63) is 71.8 Å². The molecular formula is C22H27NO2. The largest absolute Gasteiger partial charge is 0.461 e. The molecule has 0 aromatic heterocycles. The van der Waals surface area contributed by atoms with E-state index in [-0.39, 0.29) is 18.0 Å². The summed E-state index contributed by atoms with van der Waals surface area (Å²) in [5.74, 6) is -0.534. The Morgan fingerprint density at radius 2 is 1.44 bits per heavy atom. The zero-order valence-corrected chi connectivity index (χ0v) is 14.9. The van der Waals surface area contributed by atoms with Gasteiger partial charge in [-0.05, 0) is 44.0 Å². The Balaban J connectivity index is 1.71. The van der Waals surface area contributed by atoms with Crippen molar-refractivity contribution in [1.82, 2.24) is 4.90 Å². The number of esters is 1. The molecule has 1 atom stereocenters. The lowest BCUT2D eigenvalue weighted by Gasteiger charge is -2.29. The molecule has 1 saturated heterocycles. The van der Waals surface area contributed by atoms with Crippen molar-refractivity contribution in [3.63, 3.8) is 0 Å². The molecule has 0 amide bonds. The van der Waals surface area contributed by atoms with E-state index in [4.69, 9.17) is 4.74 Å². The molecule has 1 fully saturated rings. The molecule has 0 bridgehead atoms. The molecule has 3 nitrogen and oxygen atoms in total. The van der Waals surface area contributed by atoms with E-state index in [1.54, 1.807) is 0 Å². The van der Waals surface area contributed by atoms with Crippen LogP contribution in [0.1, 0.15) is 43.2 Å². The van der Waals surface area contributed by atoms with Crippen molar-refractivity contribution in [2.45, 2.75) is 38.2 Å². The molecule has 0 saturated carbocycles. The molecule has 2 aromatic rings. The third-order valence-electron chi connectivity index (χ3n) is 4.78. The lowest BCUT2D eigenvalue weighted by Crippen LogP contribution is -2.37. The van der Waals surface area contributed by atoms with E-state index in [1.165, 1.54) is 19.3 Å². The van der Waals surface area contributed by atoms with E-state index in [1.807, 2.05) is 67.6 Å². The van der Waals surface area contributed by atoms with Crippen LogP contribution in [0.25, 0.3) is 0 Å². The van der Waals surface area contributed by atoms with E-state index in [2.05, 4.69) is 4.90 Å². The van der Waals surface area contributed by atoms with Crippen molar-refractivity contribution in [2.75, 3.05) is 19.6 Å². The fourth-order valence-corrected chi connectivity index (χ4v) is 3.56. The number of ether oxygens (including phenoxy) is 1. The van der Waals surface area contributed by atoms with Crippen LogP contribution in [0.5, 0.6) is 0 Å². The summed E-state index contributed by atoms with van der Waals surface area (Å²) in [6.45, 7) is 5.05. The molecular weight excluding hydrogens is 310 g/mol. The molecule has 0 spiro atoms. The number of hydrogen-bond acceptors (Lipinski definition) is 3. The summed E-state index contributed by atoms with van der Waals surface area (Å²) in [6, 6.07) is 19.8. The number of piperidine rings is 1. The van der Waals surface area contributed by atoms with Gasteiger partial charge in [-0.3, -0.25) is 9.69 Å². The van der Waals surface area contributed by atoms with Crippen LogP contribution >= 0.6 is 0 Å².